The van der Waals surface area contributed by atoms with E-state index in [1.54, 1.807) is 18.2 Å². The Kier molecular flexibility index (Phi) is 4.93. The van der Waals surface area contributed by atoms with Crippen molar-refractivity contribution in [1.82, 2.24) is 10.2 Å². The summed E-state index contributed by atoms with van der Waals surface area (Å²) in [5.74, 6) is -0.822. The van der Waals surface area contributed by atoms with Crippen LogP contribution in [0.25, 0.3) is 0 Å². The van der Waals surface area contributed by atoms with Crippen molar-refractivity contribution in [2.45, 2.75) is 50.6 Å². The topological polar surface area (TPSA) is 78.5 Å². The summed E-state index contributed by atoms with van der Waals surface area (Å²) >= 11 is 12.0. The molecule has 1 saturated heterocycles. The smallest absolute Gasteiger partial charge is 0.323 e. The molecule has 0 radical (unpaired) electrons. The lowest BCUT2D eigenvalue weighted by Crippen LogP contribution is -2.50. The van der Waals surface area contributed by atoms with Gasteiger partial charge < -0.3 is 10.6 Å². The molecule has 1 spiro atoms. The molecule has 2 fully saturated rings. The van der Waals surface area contributed by atoms with E-state index in [1.807, 2.05) is 0 Å². The van der Waals surface area contributed by atoms with Crippen molar-refractivity contribution in [2.75, 3.05) is 5.32 Å². The van der Waals surface area contributed by atoms with E-state index >= 15 is 0 Å². The average molecular weight is 384 g/mol. The van der Waals surface area contributed by atoms with Crippen LogP contribution in [0.15, 0.2) is 18.2 Å². The number of benzene rings is 1. The minimum Gasteiger partial charge on any atom is -0.323 e. The fourth-order valence-corrected chi connectivity index (χ4v) is 3.79. The fraction of sp³-hybridized carbons (Fsp3) is 0.471. The summed E-state index contributed by atoms with van der Waals surface area (Å²) < 4.78 is 0. The number of nitrogens with zero attached hydrogens (tertiary/aromatic N) is 1. The number of halogens is 2. The van der Waals surface area contributed by atoms with E-state index in [-0.39, 0.29) is 10.9 Å². The zero-order valence-corrected chi connectivity index (χ0v) is 15.3. The Balaban J connectivity index is 1.77. The van der Waals surface area contributed by atoms with Crippen LogP contribution in [0.1, 0.15) is 39.0 Å². The van der Waals surface area contributed by atoms with Crippen molar-refractivity contribution in [3.8, 4) is 0 Å². The number of amides is 4. The first kappa shape index (κ1) is 18.0. The number of carbonyl (C=O) groups is 3. The minimum absolute atomic E-state index is 0.214. The zero-order chi connectivity index (χ0) is 18.2. The second kappa shape index (κ2) is 6.84. The van der Waals surface area contributed by atoms with Crippen molar-refractivity contribution in [3.63, 3.8) is 0 Å². The van der Waals surface area contributed by atoms with Gasteiger partial charge >= 0.3 is 6.03 Å². The van der Waals surface area contributed by atoms with Gasteiger partial charge in [0.1, 0.15) is 11.6 Å². The number of imide groups is 1. The van der Waals surface area contributed by atoms with E-state index in [1.165, 1.54) is 6.92 Å². The number of hydrogen-bond donors (Lipinski definition) is 2. The molecule has 1 atom stereocenters. The molecule has 0 aromatic heterocycles. The van der Waals surface area contributed by atoms with Crippen LogP contribution in [0, 0.1) is 0 Å². The highest BCUT2D eigenvalue weighted by atomic mass is 35.5. The maximum atomic E-state index is 12.8. The Labute approximate surface area is 155 Å². The van der Waals surface area contributed by atoms with Gasteiger partial charge in [0.15, 0.2) is 0 Å². The van der Waals surface area contributed by atoms with Crippen LogP contribution in [-0.4, -0.2) is 34.3 Å². The molecule has 2 aliphatic rings. The van der Waals surface area contributed by atoms with Gasteiger partial charge in [-0.05, 0) is 31.9 Å². The molecule has 1 aromatic rings. The van der Waals surface area contributed by atoms with Gasteiger partial charge in [-0.3, -0.25) is 9.59 Å². The van der Waals surface area contributed by atoms with Crippen LogP contribution in [0.4, 0.5) is 10.5 Å². The molecular weight excluding hydrogens is 365 g/mol. The molecular formula is C17H19Cl2N3O3. The molecule has 1 aliphatic carbocycles. The van der Waals surface area contributed by atoms with Crippen molar-refractivity contribution >= 4 is 46.7 Å². The Morgan fingerprint density at radius 3 is 2.60 bits per heavy atom. The predicted molar refractivity (Wildman–Crippen MR) is 95.7 cm³/mol. The number of hydrogen-bond acceptors (Lipinski definition) is 3. The number of rotatable bonds is 3. The quantitative estimate of drug-likeness (QED) is 0.782. The van der Waals surface area contributed by atoms with Gasteiger partial charge in [0, 0.05) is 0 Å². The molecule has 2 N–H and O–H groups in total. The molecule has 8 heteroatoms. The van der Waals surface area contributed by atoms with E-state index < -0.39 is 23.5 Å². The molecule has 134 valence electrons. The molecule has 0 bridgehead atoms. The standard InChI is InChI=1S/C17H19Cl2N3O3/c1-10(14(23)20-12-7-5-6-11(18)13(12)19)22-15(24)17(21-16(22)25)8-3-2-4-9-17/h5-7,10H,2-4,8-9H2,1H3,(H,20,23)(H,21,25)/t10-/m0/s1. The van der Waals surface area contributed by atoms with E-state index in [0.717, 1.165) is 24.2 Å². The summed E-state index contributed by atoms with van der Waals surface area (Å²) in [5, 5.41) is 5.95. The highest BCUT2D eigenvalue weighted by Gasteiger charge is 2.53. The average Bonchev–Trinajstić information content (AvgIpc) is 2.82. The first-order chi connectivity index (χ1) is 11.9. The molecule has 1 heterocycles. The number of nitrogens with one attached hydrogen (secondary N) is 2. The van der Waals surface area contributed by atoms with Crippen molar-refractivity contribution in [2.24, 2.45) is 0 Å². The summed E-state index contributed by atoms with van der Waals surface area (Å²) in [6.45, 7) is 1.52. The summed E-state index contributed by atoms with van der Waals surface area (Å²) in [7, 11) is 0. The van der Waals surface area contributed by atoms with Crippen molar-refractivity contribution in [1.29, 1.82) is 0 Å². The summed E-state index contributed by atoms with van der Waals surface area (Å²) in [5.41, 5.74) is -0.511. The van der Waals surface area contributed by atoms with Gasteiger partial charge in [-0.15, -0.1) is 0 Å². The second-order valence-electron chi connectivity index (χ2n) is 6.51. The van der Waals surface area contributed by atoms with Crippen molar-refractivity contribution < 1.29 is 14.4 Å². The Bertz CT molecular complexity index is 732. The van der Waals surface area contributed by atoms with Gasteiger partial charge in [0.05, 0.1) is 15.7 Å². The normalized spacial score (nSPS) is 20.5. The molecule has 3 rings (SSSR count). The second-order valence-corrected chi connectivity index (χ2v) is 7.30. The SMILES string of the molecule is C[C@@H](C(=O)Nc1cccc(Cl)c1Cl)N1C(=O)NC2(CCCCC2)C1=O. The molecule has 1 aromatic carbocycles. The minimum atomic E-state index is -0.955. The van der Waals surface area contributed by atoms with Gasteiger partial charge in [-0.2, -0.15) is 0 Å². The highest BCUT2D eigenvalue weighted by molar-refractivity contribution is 6.44. The number of anilines is 1. The number of urea groups is 1. The Morgan fingerprint density at radius 2 is 1.92 bits per heavy atom. The highest BCUT2D eigenvalue weighted by Crippen LogP contribution is 2.35. The van der Waals surface area contributed by atoms with Crippen LogP contribution >= 0.6 is 23.2 Å². The maximum Gasteiger partial charge on any atom is 0.325 e. The van der Waals surface area contributed by atoms with E-state index in [2.05, 4.69) is 10.6 Å². The molecule has 1 aliphatic heterocycles. The molecule has 4 amide bonds. The summed E-state index contributed by atoms with van der Waals surface area (Å²) in [6.07, 6.45) is 4.05. The largest absolute Gasteiger partial charge is 0.325 e. The fourth-order valence-electron chi connectivity index (χ4n) is 3.44. The van der Waals surface area contributed by atoms with Crippen LogP contribution in [0.5, 0.6) is 0 Å². The first-order valence-corrected chi connectivity index (χ1v) is 9.02. The lowest BCUT2D eigenvalue weighted by Gasteiger charge is -2.31. The molecule has 25 heavy (non-hydrogen) atoms. The van der Waals surface area contributed by atoms with Gasteiger partial charge in [0.25, 0.3) is 5.91 Å². The van der Waals surface area contributed by atoms with Crippen molar-refractivity contribution in [3.05, 3.63) is 28.2 Å². The van der Waals surface area contributed by atoms with E-state index in [4.69, 9.17) is 23.2 Å². The lowest BCUT2D eigenvalue weighted by molar-refractivity contribution is -0.137. The number of carbonyl (C=O) groups excluding carboxylic acids is 3. The summed E-state index contributed by atoms with van der Waals surface area (Å²) in [4.78, 5) is 38.7. The zero-order valence-electron chi connectivity index (χ0n) is 13.8. The van der Waals surface area contributed by atoms with E-state index in [9.17, 15) is 14.4 Å². The van der Waals surface area contributed by atoms with Gasteiger partial charge in [-0.25, -0.2) is 9.69 Å². The maximum absolute atomic E-state index is 12.8. The van der Waals surface area contributed by atoms with Gasteiger partial charge in [0.2, 0.25) is 5.91 Å². The predicted octanol–water partition coefficient (Wildman–Crippen LogP) is 3.58. The third-order valence-corrected chi connectivity index (χ3v) is 5.70. The van der Waals surface area contributed by atoms with Crippen LogP contribution in [-0.2, 0) is 9.59 Å². The first-order valence-electron chi connectivity index (χ1n) is 8.26. The molecule has 1 saturated carbocycles. The molecule has 0 unspecified atom stereocenters. The van der Waals surface area contributed by atoms with E-state index in [0.29, 0.717) is 23.6 Å². The third-order valence-electron chi connectivity index (χ3n) is 4.88. The van der Waals surface area contributed by atoms with Crippen LogP contribution in [0.2, 0.25) is 10.0 Å². The van der Waals surface area contributed by atoms with Crippen LogP contribution < -0.4 is 10.6 Å². The lowest BCUT2D eigenvalue weighted by atomic mass is 9.81. The monoisotopic (exact) mass is 383 g/mol. The summed E-state index contributed by atoms with van der Waals surface area (Å²) in [6, 6.07) is 3.38. The Hall–Kier alpha value is -1.79. The van der Waals surface area contributed by atoms with Crippen LogP contribution in [0.3, 0.4) is 0 Å². The third kappa shape index (κ3) is 3.20. The molecule has 6 nitrogen and oxygen atoms in total. The van der Waals surface area contributed by atoms with Gasteiger partial charge in [-0.1, -0.05) is 48.5 Å². The Morgan fingerprint density at radius 1 is 1.24 bits per heavy atom.